The summed E-state index contributed by atoms with van der Waals surface area (Å²) in [5.74, 6) is 0.575. The number of aliphatic hydroxyl groups excluding tert-OH is 1. The Hall–Kier alpha value is 0.310. The smallest absolute Gasteiger partial charge is 0.0441 e. The lowest BCUT2D eigenvalue weighted by Gasteiger charge is -2.11. The first-order chi connectivity index (χ1) is 3.68. The second kappa shape index (κ2) is 4.21. The summed E-state index contributed by atoms with van der Waals surface area (Å²) >= 11 is 4.24. The highest BCUT2D eigenvalue weighted by Crippen LogP contribution is 2.11. The third-order valence-electron chi connectivity index (χ3n) is 1.19. The van der Waals surface area contributed by atoms with Crippen LogP contribution in [0.2, 0.25) is 0 Å². The molecule has 1 unspecified atom stereocenters. The first kappa shape index (κ1) is 8.31. The molecule has 2 heteroatoms. The number of rotatable bonds is 3. The Morgan fingerprint density at radius 3 is 2.12 bits per heavy atom. The molecule has 0 aromatic heterocycles. The average molecular weight is 134 g/mol. The molecule has 0 saturated heterocycles. The summed E-state index contributed by atoms with van der Waals surface area (Å²) in [6.45, 7) is 4.47. The lowest BCUT2D eigenvalue weighted by atomic mass is 10.1. The van der Waals surface area contributed by atoms with Crippen LogP contribution in [0.3, 0.4) is 0 Å². The molecule has 1 N–H and O–H groups in total. The quantitative estimate of drug-likeness (QED) is 0.558. The van der Waals surface area contributed by atoms with Crippen molar-refractivity contribution in [3.63, 3.8) is 0 Å². The van der Waals surface area contributed by atoms with Crippen LogP contribution < -0.4 is 0 Å². The van der Waals surface area contributed by atoms with Gasteiger partial charge in [-0.25, -0.2) is 0 Å². The number of hydrogen-bond acceptors (Lipinski definition) is 2. The summed E-state index contributed by atoms with van der Waals surface area (Å²) in [6.07, 6.45) is 0.806. The highest BCUT2D eigenvalue weighted by atomic mass is 32.1. The summed E-state index contributed by atoms with van der Waals surface area (Å²) in [6, 6.07) is 0. The summed E-state index contributed by atoms with van der Waals surface area (Å²) in [7, 11) is 0. The second-order valence-corrected chi connectivity index (χ2v) is 2.99. The molecule has 0 aliphatic rings. The van der Waals surface area contributed by atoms with Gasteiger partial charge in [-0.3, -0.25) is 0 Å². The van der Waals surface area contributed by atoms with Crippen LogP contribution in [-0.4, -0.2) is 17.0 Å². The Morgan fingerprint density at radius 1 is 1.50 bits per heavy atom. The Labute approximate surface area is 56.5 Å². The van der Waals surface area contributed by atoms with Crippen molar-refractivity contribution < 1.29 is 5.11 Å². The lowest BCUT2D eigenvalue weighted by Crippen LogP contribution is -2.09. The van der Waals surface area contributed by atoms with Crippen molar-refractivity contribution in [3.05, 3.63) is 0 Å². The zero-order valence-corrected chi connectivity index (χ0v) is 6.36. The molecule has 0 bridgehead atoms. The van der Waals surface area contributed by atoms with Gasteiger partial charge in [0.25, 0.3) is 0 Å². The molecule has 0 rings (SSSR count). The van der Waals surface area contributed by atoms with E-state index >= 15 is 0 Å². The average Bonchev–Trinajstić information content (AvgIpc) is 1.67. The number of aliphatic hydroxyl groups is 1. The van der Waals surface area contributed by atoms with E-state index in [1.807, 2.05) is 0 Å². The number of hydrogen-bond donors (Lipinski definition) is 2. The van der Waals surface area contributed by atoms with E-state index in [0.29, 0.717) is 11.2 Å². The van der Waals surface area contributed by atoms with Gasteiger partial charge in [-0.15, -0.1) is 0 Å². The van der Waals surface area contributed by atoms with Crippen molar-refractivity contribution in [2.45, 2.75) is 25.5 Å². The molecule has 0 aliphatic carbocycles. The molecule has 0 radical (unpaired) electrons. The predicted octanol–water partition coefficient (Wildman–Crippen LogP) is 1.32. The van der Waals surface area contributed by atoms with Gasteiger partial charge < -0.3 is 5.11 Å². The zero-order chi connectivity index (χ0) is 6.57. The van der Waals surface area contributed by atoms with Gasteiger partial charge in [-0.1, -0.05) is 13.8 Å². The molecule has 0 saturated carbocycles. The maximum Gasteiger partial charge on any atom is 0.0441 e. The molecule has 1 nitrogen and oxygen atoms in total. The van der Waals surface area contributed by atoms with Crippen LogP contribution in [0.15, 0.2) is 0 Å². The van der Waals surface area contributed by atoms with E-state index in [2.05, 4.69) is 26.5 Å². The van der Waals surface area contributed by atoms with Gasteiger partial charge in [-0.05, 0) is 12.3 Å². The van der Waals surface area contributed by atoms with Gasteiger partial charge in [-0.2, -0.15) is 12.6 Å². The molecule has 0 fully saturated rings. The van der Waals surface area contributed by atoms with Crippen molar-refractivity contribution in [2.24, 2.45) is 5.92 Å². The van der Waals surface area contributed by atoms with Gasteiger partial charge in [0.2, 0.25) is 0 Å². The summed E-state index contributed by atoms with van der Waals surface area (Å²) < 4.78 is 0. The first-order valence-electron chi connectivity index (χ1n) is 2.97. The largest absolute Gasteiger partial charge is 0.396 e. The third kappa shape index (κ3) is 3.33. The molecule has 0 heterocycles. The minimum Gasteiger partial charge on any atom is -0.396 e. The van der Waals surface area contributed by atoms with Crippen molar-refractivity contribution in [1.29, 1.82) is 0 Å². The fourth-order valence-electron chi connectivity index (χ4n) is 0.466. The molecule has 0 aliphatic heterocycles. The Balaban J connectivity index is 3.17. The predicted molar refractivity (Wildman–Crippen MR) is 39.3 cm³/mol. The van der Waals surface area contributed by atoms with Crippen LogP contribution in [0.25, 0.3) is 0 Å². The van der Waals surface area contributed by atoms with Crippen LogP contribution in [0.1, 0.15) is 20.3 Å². The molecular formula is C6H14OS. The third-order valence-corrected chi connectivity index (χ3v) is 2.05. The zero-order valence-electron chi connectivity index (χ0n) is 5.46. The minimum absolute atomic E-state index is 0.256. The highest BCUT2D eigenvalue weighted by molar-refractivity contribution is 7.81. The van der Waals surface area contributed by atoms with Gasteiger partial charge >= 0.3 is 0 Å². The highest BCUT2D eigenvalue weighted by Gasteiger charge is 2.05. The maximum absolute atomic E-state index is 8.44. The topological polar surface area (TPSA) is 20.2 Å². The van der Waals surface area contributed by atoms with Crippen molar-refractivity contribution in [1.82, 2.24) is 0 Å². The normalized spacial score (nSPS) is 14.6. The van der Waals surface area contributed by atoms with Gasteiger partial charge in [0, 0.05) is 11.9 Å². The van der Waals surface area contributed by atoms with Gasteiger partial charge in [0.05, 0.1) is 0 Å². The molecule has 0 amide bonds. The Morgan fingerprint density at radius 2 is 2.00 bits per heavy atom. The van der Waals surface area contributed by atoms with Crippen LogP contribution in [0.4, 0.5) is 0 Å². The molecule has 1 atom stereocenters. The van der Waals surface area contributed by atoms with Gasteiger partial charge in [0.15, 0.2) is 0 Å². The molecule has 8 heavy (non-hydrogen) atoms. The lowest BCUT2D eigenvalue weighted by molar-refractivity contribution is 0.279. The van der Waals surface area contributed by atoms with Gasteiger partial charge in [0.1, 0.15) is 0 Å². The molecular weight excluding hydrogens is 120 g/mol. The van der Waals surface area contributed by atoms with Crippen molar-refractivity contribution >= 4 is 12.6 Å². The van der Waals surface area contributed by atoms with Crippen LogP contribution in [0.5, 0.6) is 0 Å². The van der Waals surface area contributed by atoms with E-state index < -0.39 is 0 Å². The monoisotopic (exact) mass is 134 g/mol. The van der Waals surface area contributed by atoms with E-state index in [9.17, 15) is 0 Å². The summed E-state index contributed by atoms with van der Waals surface area (Å²) in [5.41, 5.74) is 0. The van der Waals surface area contributed by atoms with Crippen molar-refractivity contribution in [3.8, 4) is 0 Å². The van der Waals surface area contributed by atoms with E-state index in [4.69, 9.17) is 5.11 Å². The van der Waals surface area contributed by atoms with Crippen molar-refractivity contribution in [2.75, 3.05) is 6.61 Å². The van der Waals surface area contributed by atoms with E-state index in [1.54, 1.807) is 0 Å². The fraction of sp³-hybridized carbons (Fsp3) is 1.00. The fourth-order valence-corrected chi connectivity index (χ4v) is 0.581. The molecule has 0 spiro atoms. The molecule has 50 valence electrons. The van der Waals surface area contributed by atoms with E-state index in [1.165, 1.54) is 0 Å². The summed E-state index contributed by atoms with van der Waals surface area (Å²) in [5, 5.41) is 8.80. The maximum atomic E-state index is 8.44. The van der Waals surface area contributed by atoms with Crippen LogP contribution in [-0.2, 0) is 0 Å². The first-order valence-corrected chi connectivity index (χ1v) is 3.49. The standard InChI is InChI=1S/C6H14OS/c1-5(2)6(8)3-4-7/h5-8H,3-4H2,1-2H3. The summed E-state index contributed by atoms with van der Waals surface area (Å²) in [4.78, 5) is 0. The van der Waals surface area contributed by atoms with E-state index in [0.717, 1.165) is 6.42 Å². The Bertz CT molecular complexity index is 54.5. The van der Waals surface area contributed by atoms with E-state index in [-0.39, 0.29) is 6.61 Å². The minimum atomic E-state index is 0.256. The molecule has 0 aromatic carbocycles. The number of thiol groups is 1. The van der Waals surface area contributed by atoms with Crippen LogP contribution in [0, 0.1) is 5.92 Å². The second-order valence-electron chi connectivity index (χ2n) is 2.32. The SMILES string of the molecule is CC(C)C(S)CCO. The molecule has 0 aromatic rings. The van der Waals surface area contributed by atoms with Crippen LogP contribution >= 0.6 is 12.6 Å². The Kier molecular flexibility index (Phi) is 4.38.